The van der Waals surface area contributed by atoms with E-state index in [1.807, 2.05) is 18.7 Å². The van der Waals surface area contributed by atoms with Gasteiger partial charge in [-0.2, -0.15) is 5.10 Å². The first-order chi connectivity index (χ1) is 6.70. The maximum Gasteiger partial charge on any atom is 0.0847 e. The molecule has 0 saturated heterocycles. The molecule has 1 heterocycles. The van der Waals surface area contributed by atoms with Gasteiger partial charge in [-0.05, 0) is 40.3 Å². The molecule has 0 saturated carbocycles. The Morgan fingerprint density at radius 3 is 2.79 bits per heavy atom. The fraction of sp³-hybridized carbons (Fsp3) is 0.700. The largest absolute Gasteiger partial charge is 0.320 e. The third-order valence-corrected chi connectivity index (χ3v) is 2.78. The van der Waals surface area contributed by atoms with Crippen molar-refractivity contribution in [2.24, 2.45) is 0 Å². The molecule has 0 aromatic carbocycles. The summed E-state index contributed by atoms with van der Waals surface area (Å²) in [4.78, 5) is 0. The normalized spacial score (nSPS) is 10.9. The lowest BCUT2D eigenvalue weighted by Gasteiger charge is -2.04. The molecular weight excluding hydrogens is 198 g/mol. The van der Waals surface area contributed by atoms with E-state index < -0.39 is 0 Å². The van der Waals surface area contributed by atoms with Crippen molar-refractivity contribution >= 4 is 11.6 Å². The van der Waals surface area contributed by atoms with Crippen LogP contribution in [0.5, 0.6) is 0 Å². The van der Waals surface area contributed by atoms with Crippen LogP contribution in [0.3, 0.4) is 0 Å². The minimum Gasteiger partial charge on any atom is -0.320 e. The van der Waals surface area contributed by atoms with Crippen molar-refractivity contribution in [2.75, 3.05) is 13.6 Å². The molecule has 0 unspecified atom stereocenters. The molecule has 1 aromatic heterocycles. The molecule has 1 N–H and O–H groups in total. The minimum atomic E-state index is 0.836. The summed E-state index contributed by atoms with van der Waals surface area (Å²) >= 11 is 6.17. The van der Waals surface area contributed by atoms with E-state index >= 15 is 0 Å². The SMILES string of the molecule is CCn1nc(C)c(Cl)c1CCCNC. The molecule has 0 atom stereocenters. The van der Waals surface area contributed by atoms with Crippen LogP contribution in [0.15, 0.2) is 0 Å². The highest BCUT2D eigenvalue weighted by atomic mass is 35.5. The predicted octanol–water partition coefficient (Wildman–Crippen LogP) is 2.02. The van der Waals surface area contributed by atoms with Gasteiger partial charge in [0.2, 0.25) is 0 Å². The molecule has 0 radical (unpaired) electrons. The van der Waals surface area contributed by atoms with Gasteiger partial charge in [0.05, 0.1) is 16.4 Å². The molecule has 0 amide bonds. The van der Waals surface area contributed by atoms with Crippen molar-refractivity contribution in [1.29, 1.82) is 0 Å². The predicted molar refractivity (Wildman–Crippen MR) is 59.9 cm³/mol. The monoisotopic (exact) mass is 215 g/mol. The summed E-state index contributed by atoms with van der Waals surface area (Å²) < 4.78 is 1.99. The number of hydrogen-bond acceptors (Lipinski definition) is 2. The third-order valence-electron chi connectivity index (χ3n) is 2.29. The Balaban J connectivity index is 2.72. The second kappa shape index (κ2) is 5.37. The van der Waals surface area contributed by atoms with E-state index in [2.05, 4.69) is 17.3 Å². The van der Waals surface area contributed by atoms with Crippen LogP contribution in [-0.2, 0) is 13.0 Å². The van der Waals surface area contributed by atoms with Gasteiger partial charge in [-0.15, -0.1) is 0 Å². The zero-order chi connectivity index (χ0) is 10.6. The maximum atomic E-state index is 6.17. The summed E-state index contributed by atoms with van der Waals surface area (Å²) in [6, 6.07) is 0. The average molecular weight is 216 g/mol. The first kappa shape index (κ1) is 11.5. The van der Waals surface area contributed by atoms with Gasteiger partial charge in [-0.3, -0.25) is 4.68 Å². The summed E-state index contributed by atoms with van der Waals surface area (Å²) in [5, 5.41) is 8.34. The molecular formula is C10H18ClN3. The Morgan fingerprint density at radius 1 is 1.50 bits per heavy atom. The number of rotatable bonds is 5. The van der Waals surface area contributed by atoms with Crippen molar-refractivity contribution in [3.8, 4) is 0 Å². The topological polar surface area (TPSA) is 29.9 Å². The Bertz CT molecular complexity index is 294. The molecule has 0 aliphatic rings. The van der Waals surface area contributed by atoms with Gasteiger partial charge >= 0.3 is 0 Å². The fourth-order valence-electron chi connectivity index (χ4n) is 1.54. The molecule has 80 valence electrons. The lowest BCUT2D eigenvalue weighted by molar-refractivity contribution is 0.599. The zero-order valence-corrected chi connectivity index (χ0v) is 9.86. The van der Waals surface area contributed by atoms with Crippen LogP contribution in [0.4, 0.5) is 0 Å². The Kier molecular flexibility index (Phi) is 4.42. The third kappa shape index (κ3) is 2.49. The lowest BCUT2D eigenvalue weighted by atomic mass is 10.2. The summed E-state index contributed by atoms with van der Waals surface area (Å²) in [6.07, 6.45) is 2.09. The number of halogens is 1. The lowest BCUT2D eigenvalue weighted by Crippen LogP contribution is -2.10. The number of nitrogens with zero attached hydrogens (tertiary/aromatic N) is 2. The Morgan fingerprint density at radius 2 is 2.21 bits per heavy atom. The van der Waals surface area contributed by atoms with E-state index in [9.17, 15) is 0 Å². The van der Waals surface area contributed by atoms with Crippen LogP contribution in [0.1, 0.15) is 24.7 Å². The molecule has 0 bridgehead atoms. The van der Waals surface area contributed by atoms with Crippen molar-refractivity contribution in [1.82, 2.24) is 15.1 Å². The molecule has 0 spiro atoms. The van der Waals surface area contributed by atoms with Crippen LogP contribution in [0.2, 0.25) is 5.02 Å². The Labute approximate surface area is 90.4 Å². The van der Waals surface area contributed by atoms with E-state index in [1.165, 1.54) is 5.69 Å². The highest BCUT2D eigenvalue weighted by molar-refractivity contribution is 6.31. The highest BCUT2D eigenvalue weighted by Gasteiger charge is 2.11. The highest BCUT2D eigenvalue weighted by Crippen LogP contribution is 2.21. The second-order valence-electron chi connectivity index (χ2n) is 3.37. The van der Waals surface area contributed by atoms with Gasteiger partial charge in [0, 0.05) is 6.54 Å². The van der Waals surface area contributed by atoms with E-state index in [4.69, 9.17) is 11.6 Å². The smallest absolute Gasteiger partial charge is 0.0847 e. The Hall–Kier alpha value is -0.540. The zero-order valence-electron chi connectivity index (χ0n) is 9.10. The van der Waals surface area contributed by atoms with Gasteiger partial charge in [-0.1, -0.05) is 11.6 Å². The van der Waals surface area contributed by atoms with Crippen molar-refractivity contribution in [2.45, 2.75) is 33.2 Å². The molecule has 3 nitrogen and oxygen atoms in total. The summed E-state index contributed by atoms with van der Waals surface area (Å²) in [5.41, 5.74) is 2.11. The molecule has 0 aliphatic heterocycles. The first-order valence-corrected chi connectivity index (χ1v) is 5.44. The van der Waals surface area contributed by atoms with E-state index in [-0.39, 0.29) is 0 Å². The van der Waals surface area contributed by atoms with Gasteiger partial charge in [0.1, 0.15) is 0 Å². The van der Waals surface area contributed by atoms with Crippen molar-refractivity contribution < 1.29 is 0 Å². The van der Waals surface area contributed by atoms with Gasteiger partial charge in [0.15, 0.2) is 0 Å². The number of aryl methyl sites for hydroxylation is 2. The standard InChI is InChI=1S/C10H18ClN3/c1-4-14-9(6-5-7-12-3)10(11)8(2)13-14/h12H,4-7H2,1-3H3. The van der Waals surface area contributed by atoms with Crippen LogP contribution in [0.25, 0.3) is 0 Å². The van der Waals surface area contributed by atoms with Gasteiger partial charge in [-0.25, -0.2) is 0 Å². The van der Waals surface area contributed by atoms with Crippen LogP contribution < -0.4 is 5.32 Å². The summed E-state index contributed by atoms with van der Waals surface area (Å²) in [5.74, 6) is 0. The molecule has 14 heavy (non-hydrogen) atoms. The van der Waals surface area contributed by atoms with Gasteiger partial charge < -0.3 is 5.32 Å². The molecule has 0 aliphatic carbocycles. The molecule has 1 aromatic rings. The first-order valence-electron chi connectivity index (χ1n) is 5.07. The maximum absolute atomic E-state index is 6.17. The number of nitrogens with one attached hydrogen (secondary N) is 1. The number of hydrogen-bond donors (Lipinski definition) is 1. The van der Waals surface area contributed by atoms with Crippen LogP contribution in [0, 0.1) is 6.92 Å². The van der Waals surface area contributed by atoms with Crippen LogP contribution in [-0.4, -0.2) is 23.4 Å². The van der Waals surface area contributed by atoms with E-state index in [0.29, 0.717) is 0 Å². The van der Waals surface area contributed by atoms with Crippen molar-refractivity contribution in [3.05, 3.63) is 16.4 Å². The molecule has 0 fully saturated rings. The number of aromatic nitrogens is 2. The average Bonchev–Trinajstić information content (AvgIpc) is 2.45. The quantitative estimate of drug-likeness (QED) is 0.762. The summed E-state index contributed by atoms with van der Waals surface area (Å²) in [6.45, 7) is 5.95. The van der Waals surface area contributed by atoms with Crippen LogP contribution >= 0.6 is 11.6 Å². The van der Waals surface area contributed by atoms with E-state index in [0.717, 1.165) is 36.6 Å². The molecule has 4 heteroatoms. The molecule has 1 rings (SSSR count). The fourth-order valence-corrected chi connectivity index (χ4v) is 1.77. The minimum absolute atomic E-state index is 0.836. The summed E-state index contributed by atoms with van der Waals surface area (Å²) in [7, 11) is 1.96. The second-order valence-corrected chi connectivity index (χ2v) is 3.75. The van der Waals surface area contributed by atoms with Gasteiger partial charge in [0.25, 0.3) is 0 Å². The van der Waals surface area contributed by atoms with Crippen molar-refractivity contribution in [3.63, 3.8) is 0 Å². The van der Waals surface area contributed by atoms with E-state index in [1.54, 1.807) is 0 Å².